The highest BCUT2D eigenvalue weighted by Gasteiger charge is 2.21. The minimum Gasteiger partial charge on any atom is -0.469 e. The lowest BCUT2D eigenvalue weighted by Gasteiger charge is -2.17. The molecule has 1 aromatic heterocycles. The smallest absolute Gasteiger partial charge is 0.328 e. The number of carbonyl (C=O) groups is 2. The molecule has 0 aliphatic rings. The Labute approximate surface area is 139 Å². The second-order valence-electron chi connectivity index (χ2n) is 4.29. The number of methoxy groups -OCH3 is 2. The fourth-order valence-corrected chi connectivity index (χ4v) is 1.75. The number of ether oxygens (including phenoxy) is 2. The maximum Gasteiger partial charge on any atom is 0.328 e. The molecule has 0 spiro atoms. The first-order chi connectivity index (χ1) is 11.1. The lowest BCUT2D eigenvalue weighted by Crippen LogP contribution is -2.45. The first-order valence-electron chi connectivity index (χ1n) is 6.72. The number of esters is 2. The highest BCUT2D eigenvalue weighted by Crippen LogP contribution is 2.01. The van der Waals surface area contributed by atoms with E-state index in [-0.39, 0.29) is 18.0 Å². The third-order valence-electron chi connectivity index (χ3n) is 2.71. The molecule has 2 N–H and O–H groups in total. The molecular weight excluding hydrogens is 320 g/mol. The zero-order valence-electron chi connectivity index (χ0n) is 12.8. The molecule has 1 unspecified atom stereocenters. The topological polar surface area (TPSA) is 102 Å². The van der Waals surface area contributed by atoms with Crippen LogP contribution < -0.4 is 10.7 Å². The number of nitrogens with one attached hydrogen (secondary N) is 2. The van der Waals surface area contributed by atoms with Crippen LogP contribution >= 0.6 is 12.2 Å². The standard InChI is InChI=1S/C14H18N4O4S/c1-21-12(19)7-6-11(13(20)22-2)17-14(23)18-16-9-10-5-3-4-8-15-10/h3-5,8-9,11H,6-7H2,1-2H3,(H2,17,18,23). The molecule has 124 valence electrons. The van der Waals surface area contributed by atoms with Gasteiger partial charge in [0.15, 0.2) is 5.11 Å². The maximum atomic E-state index is 11.7. The molecule has 0 bridgehead atoms. The van der Waals surface area contributed by atoms with Gasteiger partial charge in [-0.05, 0) is 30.8 Å². The molecule has 23 heavy (non-hydrogen) atoms. The van der Waals surface area contributed by atoms with Gasteiger partial charge >= 0.3 is 11.9 Å². The van der Waals surface area contributed by atoms with Gasteiger partial charge in [-0.25, -0.2) is 4.79 Å². The van der Waals surface area contributed by atoms with Crippen molar-refractivity contribution in [1.82, 2.24) is 15.7 Å². The number of hydrogen-bond acceptors (Lipinski definition) is 7. The lowest BCUT2D eigenvalue weighted by molar-refractivity contribution is -0.144. The average molecular weight is 338 g/mol. The van der Waals surface area contributed by atoms with Crippen molar-refractivity contribution >= 4 is 35.5 Å². The molecule has 1 rings (SSSR count). The van der Waals surface area contributed by atoms with Crippen LogP contribution in [0.4, 0.5) is 0 Å². The number of thiocarbonyl (C=S) groups is 1. The molecule has 8 nitrogen and oxygen atoms in total. The normalized spacial score (nSPS) is 11.6. The number of rotatable bonds is 7. The molecule has 0 aliphatic carbocycles. The number of carbonyl (C=O) groups excluding carboxylic acids is 2. The molecular formula is C14H18N4O4S. The summed E-state index contributed by atoms with van der Waals surface area (Å²) in [5.41, 5.74) is 3.22. The predicted molar refractivity (Wildman–Crippen MR) is 87.8 cm³/mol. The SMILES string of the molecule is COC(=O)CCC(NC(=S)NN=Cc1ccccn1)C(=O)OC. The first kappa shape index (κ1) is 18.5. The van der Waals surface area contributed by atoms with E-state index in [1.54, 1.807) is 18.3 Å². The summed E-state index contributed by atoms with van der Waals surface area (Å²) in [6.45, 7) is 0. The van der Waals surface area contributed by atoms with Crippen molar-refractivity contribution in [3.63, 3.8) is 0 Å². The van der Waals surface area contributed by atoms with E-state index in [1.807, 2.05) is 6.07 Å². The van der Waals surface area contributed by atoms with Gasteiger partial charge in [-0.3, -0.25) is 15.2 Å². The predicted octanol–water partition coefficient (Wildman–Crippen LogP) is 0.374. The molecule has 9 heteroatoms. The maximum absolute atomic E-state index is 11.7. The summed E-state index contributed by atoms with van der Waals surface area (Å²) >= 11 is 5.04. The van der Waals surface area contributed by atoms with Gasteiger partial charge in [0.05, 0.1) is 26.1 Å². The van der Waals surface area contributed by atoms with Crippen LogP contribution in [0.5, 0.6) is 0 Å². The Morgan fingerprint density at radius 2 is 2.17 bits per heavy atom. The minimum absolute atomic E-state index is 0.0586. The van der Waals surface area contributed by atoms with Crippen LogP contribution in [0.15, 0.2) is 29.5 Å². The molecule has 0 aromatic carbocycles. The van der Waals surface area contributed by atoms with Crippen molar-refractivity contribution in [2.75, 3.05) is 14.2 Å². The Kier molecular flexibility index (Phi) is 8.22. The van der Waals surface area contributed by atoms with Crippen LogP contribution in [0.2, 0.25) is 0 Å². The van der Waals surface area contributed by atoms with Crippen LogP contribution in [0.25, 0.3) is 0 Å². The summed E-state index contributed by atoms with van der Waals surface area (Å²) < 4.78 is 9.20. The van der Waals surface area contributed by atoms with Crippen molar-refractivity contribution in [1.29, 1.82) is 0 Å². The highest BCUT2D eigenvalue weighted by molar-refractivity contribution is 7.80. The van der Waals surface area contributed by atoms with Gasteiger partial charge in [0, 0.05) is 12.6 Å². The number of nitrogens with zero attached hydrogens (tertiary/aromatic N) is 2. The summed E-state index contributed by atoms with van der Waals surface area (Å²) in [7, 11) is 2.53. The zero-order chi connectivity index (χ0) is 17.1. The number of aromatic nitrogens is 1. The van der Waals surface area contributed by atoms with Gasteiger partial charge in [0.25, 0.3) is 0 Å². The van der Waals surface area contributed by atoms with Crippen molar-refractivity contribution in [2.24, 2.45) is 5.10 Å². The van der Waals surface area contributed by atoms with Gasteiger partial charge in [-0.1, -0.05) is 6.07 Å². The fourth-order valence-electron chi connectivity index (χ4n) is 1.56. The molecule has 0 aliphatic heterocycles. The van der Waals surface area contributed by atoms with Crippen LogP contribution in [0.3, 0.4) is 0 Å². The van der Waals surface area contributed by atoms with Crippen LogP contribution in [-0.4, -0.2) is 48.5 Å². The van der Waals surface area contributed by atoms with E-state index in [1.165, 1.54) is 20.4 Å². The van der Waals surface area contributed by atoms with E-state index in [0.29, 0.717) is 5.69 Å². The Morgan fingerprint density at radius 3 is 2.78 bits per heavy atom. The second-order valence-corrected chi connectivity index (χ2v) is 4.70. The fraction of sp³-hybridized carbons (Fsp3) is 0.357. The third-order valence-corrected chi connectivity index (χ3v) is 2.92. The van der Waals surface area contributed by atoms with Crippen LogP contribution in [-0.2, 0) is 19.1 Å². The van der Waals surface area contributed by atoms with Crippen molar-refractivity contribution in [3.8, 4) is 0 Å². The Balaban J connectivity index is 2.50. The van der Waals surface area contributed by atoms with E-state index in [2.05, 4.69) is 30.3 Å². The number of pyridine rings is 1. The van der Waals surface area contributed by atoms with E-state index in [4.69, 9.17) is 12.2 Å². The number of hydrogen-bond donors (Lipinski definition) is 2. The molecule has 1 atom stereocenters. The minimum atomic E-state index is -0.774. The second kappa shape index (κ2) is 10.2. The Bertz CT molecular complexity index is 565. The average Bonchev–Trinajstić information content (AvgIpc) is 2.58. The van der Waals surface area contributed by atoms with Crippen molar-refractivity contribution in [3.05, 3.63) is 30.1 Å². The van der Waals surface area contributed by atoms with Gasteiger partial charge in [-0.15, -0.1) is 0 Å². The molecule has 1 aromatic rings. The molecule has 0 saturated heterocycles. The van der Waals surface area contributed by atoms with E-state index < -0.39 is 18.0 Å². The van der Waals surface area contributed by atoms with Gasteiger partial charge in [0.2, 0.25) is 0 Å². The van der Waals surface area contributed by atoms with Gasteiger partial charge in [0.1, 0.15) is 6.04 Å². The largest absolute Gasteiger partial charge is 0.469 e. The molecule has 0 saturated carbocycles. The zero-order valence-corrected chi connectivity index (χ0v) is 13.6. The highest BCUT2D eigenvalue weighted by atomic mass is 32.1. The van der Waals surface area contributed by atoms with Crippen molar-refractivity contribution in [2.45, 2.75) is 18.9 Å². The van der Waals surface area contributed by atoms with E-state index >= 15 is 0 Å². The summed E-state index contributed by atoms with van der Waals surface area (Å²) in [4.78, 5) is 26.9. The number of hydrazone groups is 1. The molecule has 1 heterocycles. The monoisotopic (exact) mass is 338 g/mol. The summed E-state index contributed by atoms with van der Waals surface area (Å²) in [5.74, 6) is -0.959. The summed E-state index contributed by atoms with van der Waals surface area (Å²) in [6, 6.07) is 4.61. The van der Waals surface area contributed by atoms with Gasteiger partial charge < -0.3 is 14.8 Å². The van der Waals surface area contributed by atoms with E-state index in [9.17, 15) is 9.59 Å². The molecule has 0 fully saturated rings. The van der Waals surface area contributed by atoms with Gasteiger partial charge in [-0.2, -0.15) is 5.10 Å². The van der Waals surface area contributed by atoms with Crippen molar-refractivity contribution < 1.29 is 19.1 Å². The third kappa shape index (κ3) is 7.32. The first-order valence-corrected chi connectivity index (χ1v) is 7.13. The summed E-state index contributed by atoms with van der Waals surface area (Å²) in [6.07, 6.45) is 3.36. The Hall–Kier alpha value is -2.55. The molecule has 0 radical (unpaired) electrons. The molecule has 0 amide bonds. The van der Waals surface area contributed by atoms with E-state index in [0.717, 1.165) is 0 Å². The van der Waals surface area contributed by atoms with Crippen LogP contribution in [0, 0.1) is 0 Å². The quantitative estimate of drug-likeness (QED) is 0.318. The Morgan fingerprint density at radius 1 is 1.39 bits per heavy atom. The summed E-state index contributed by atoms with van der Waals surface area (Å²) in [5, 5.41) is 6.77. The lowest BCUT2D eigenvalue weighted by atomic mass is 10.1. The van der Waals surface area contributed by atoms with Crippen LogP contribution in [0.1, 0.15) is 18.5 Å².